The quantitative estimate of drug-likeness (QED) is 0.679. The van der Waals surface area contributed by atoms with Crippen molar-refractivity contribution in [1.82, 2.24) is 9.97 Å². The second-order valence-corrected chi connectivity index (χ2v) is 4.61. The zero-order chi connectivity index (χ0) is 14.9. The first-order valence-electron chi connectivity index (χ1n) is 5.30. The highest BCUT2D eigenvalue weighted by molar-refractivity contribution is 9.10. The van der Waals surface area contributed by atoms with Crippen LogP contribution in [-0.4, -0.2) is 14.9 Å². The third-order valence-electron chi connectivity index (χ3n) is 2.33. The summed E-state index contributed by atoms with van der Waals surface area (Å²) in [5.74, 6) is -0.752. The van der Waals surface area contributed by atoms with E-state index in [1.165, 1.54) is 19.1 Å². The van der Waals surface area contributed by atoms with Crippen LogP contribution in [0, 0.1) is 22.9 Å². The SMILES string of the molecule is Cc1nc(N)nc(Oc2ccc(F)cc2Br)c1[N+](=O)[O-]. The number of hydrogen-bond donors (Lipinski definition) is 1. The molecule has 7 nitrogen and oxygen atoms in total. The molecule has 20 heavy (non-hydrogen) atoms. The Bertz CT molecular complexity index is 696. The van der Waals surface area contributed by atoms with Crippen LogP contribution in [-0.2, 0) is 0 Å². The average Bonchev–Trinajstić information content (AvgIpc) is 2.31. The summed E-state index contributed by atoms with van der Waals surface area (Å²) in [7, 11) is 0. The van der Waals surface area contributed by atoms with Gasteiger partial charge in [-0.2, -0.15) is 4.98 Å². The monoisotopic (exact) mass is 342 g/mol. The van der Waals surface area contributed by atoms with E-state index in [9.17, 15) is 14.5 Å². The highest BCUT2D eigenvalue weighted by atomic mass is 79.9. The number of nitrogen functional groups attached to an aromatic ring is 1. The minimum absolute atomic E-state index is 0.0794. The molecule has 1 aromatic carbocycles. The van der Waals surface area contributed by atoms with Gasteiger partial charge in [0.25, 0.3) is 0 Å². The summed E-state index contributed by atoms with van der Waals surface area (Å²) in [4.78, 5) is 17.8. The van der Waals surface area contributed by atoms with Crippen molar-refractivity contribution in [3.63, 3.8) is 0 Å². The Morgan fingerprint density at radius 3 is 2.75 bits per heavy atom. The number of halogens is 2. The van der Waals surface area contributed by atoms with Crippen LogP contribution in [0.25, 0.3) is 0 Å². The number of aromatic nitrogens is 2. The van der Waals surface area contributed by atoms with E-state index >= 15 is 0 Å². The topological polar surface area (TPSA) is 104 Å². The third kappa shape index (κ3) is 2.82. The van der Waals surface area contributed by atoms with Crippen molar-refractivity contribution in [1.29, 1.82) is 0 Å². The minimum Gasteiger partial charge on any atom is -0.432 e. The van der Waals surface area contributed by atoms with Gasteiger partial charge >= 0.3 is 11.6 Å². The van der Waals surface area contributed by atoms with E-state index in [0.29, 0.717) is 4.47 Å². The fourth-order valence-electron chi connectivity index (χ4n) is 1.51. The van der Waals surface area contributed by atoms with Crippen LogP contribution < -0.4 is 10.5 Å². The molecule has 9 heteroatoms. The van der Waals surface area contributed by atoms with E-state index < -0.39 is 16.4 Å². The first kappa shape index (κ1) is 14.1. The molecule has 0 saturated carbocycles. The Hall–Kier alpha value is -2.29. The maximum Gasteiger partial charge on any atom is 0.352 e. The second-order valence-electron chi connectivity index (χ2n) is 3.75. The number of nitro groups is 1. The van der Waals surface area contributed by atoms with Crippen LogP contribution in [0.2, 0.25) is 0 Å². The normalized spacial score (nSPS) is 10.3. The lowest BCUT2D eigenvalue weighted by molar-refractivity contribution is -0.386. The van der Waals surface area contributed by atoms with E-state index in [0.717, 1.165) is 6.07 Å². The van der Waals surface area contributed by atoms with Crippen LogP contribution in [0.1, 0.15) is 5.69 Å². The molecule has 0 bridgehead atoms. The lowest BCUT2D eigenvalue weighted by atomic mass is 10.3. The summed E-state index contributed by atoms with van der Waals surface area (Å²) in [5.41, 5.74) is 5.13. The Kier molecular flexibility index (Phi) is 3.79. The van der Waals surface area contributed by atoms with Crippen LogP contribution in [0.3, 0.4) is 0 Å². The summed E-state index contributed by atoms with van der Waals surface area (Å²) in [6.45, 7) is 1.42. The van der Waals surface area contributed by atoms with Gasteiger partial charge in [0.05, 0.1) is 9.40 Å². The Labute approximate surface area is 120 Å². The summed E-state index contributed by atoms with van der Waals surface area (Å²) >= 11 is 3.09. The molecule has 0 radical (unpaired) electrons. The molecule has 0 atom stereocenters. The second kappa shape index (κ2) is 5.37. The van der Waals surface area contributed by atoms with Crippen molar-refractivity contribution in [2.24, 2.45) is 0 Å². The molecule has 0 fully saturated rings. The number of nitrogens with zero attached hydrogens (tertiary/aromatic N) is 3. The van der Waals surface area contributed by atoms with Gasteiger partial charge < -0.3 is 10.5 Å². The number of anilines is 1. The van der Waals surface area contributed by atoms with Crippen molar-refractivity contribution in [3.8, 4) is 11.6 Å². The predicted octanol–water partition coefficient (Wildman–Crippen LogP) is 2.97. The third-order valence-corrected chi connectivity index (χ3v) is 2.95. The van der Waals surface area contributed by atoms with Gasteiger partial charge in [0.2, 0.25) is 5.95 Å². The maximum absolute atomic E-state index is 13.0. The molecule has 0 saturated heterocycles. The molecule has 0 spiro atoms. The van der Waals surface area contributed by atoms with Gasteiger partial charge in [0.15, 0.2) is 0 Å². The minimum atomic E-state index is -0.665. The molecule has 0 amide bonds. The lowest BCUT2D eigenvalue weighted by Gasteiger charge is -2.08. The van der Waals surface area contributed by atoms with Crippen molar-refractivity contribution in [3.05, 3.63) is 44.3 Å². The first-order valence-corrected chi connectivity index (χ1v) is 6.09. The number of nitrogens with two attached hydrogens (primary N) is 1. The molecule has 0 aliphatic rings. The predicted molar refractivity (Wildman–Crippen MR) is 72.0 cm³/mol. The van der Waals surface area contributed by atoms with Gasteiger partial charge in [0.1, 0.15) is 17.3 Å². The van der Waals surface area contributed by atoms with Gasteiger partial charge in [0, 0.05) is 0 Å². The highest BCUT2D eigenvalue weighted by Crippen LogP contribution is 2.35. The lowest BCUT2D eigenvalue weighted by Crippen LogP contribution is -2.05. The number of rotatable bonds is 3. The number of ether oxygens (including phenoxy) is 1. The summed E-state index contributed by atoms with van der Waals surface area (Å²) in [5, 5.41) is 11.0. The molecule has 2 rings (SSSR count). The summed E-state index contributed by atoms with van der Waals surface area (Å²) in [6.07, 6.45) is 0. The molecule has 1 aromatic heterocycles. The molecule has 0 unspecified atom stereocenters. The van der Waals surface area contributed by atoms with Gasteiger partial charge in [-0.05, 0) is 41.1 Å². The number of aryl methyl sites for hydroxylation is 1. The molecule has 0 aliphatic carbocycles. The average molecular weight is 343 g/mol. The largest absolute Gasteiger partial charge is 0.432 e. The maximum atomic E-state index is 13.0. The van der Waals surface area contributed by atoms with Crippen LogP contribution in [0.4, 0.5) is 16.0 Å². The molecule has 1 heterocycles. The molecule has 2 N–H and O–H groups in total. The van der Waals surface area contributed by atoms with E-state index in [1.807, 2.05) is 0 Å². The molecule has 2 aromatic rings. The number of benzene rings is 1. The Balaban J connectivity index is 2.50. The van der Waals surface area contributed by atoms with Crippen molar-refractivity contribution < 1.29 is 14.1 Å². The Morgan fingerprint density at radius 1 is 1.45 bits per heavy atom. The number of hydrogen-bond acceptors (Lipinski definition) is 6. The van der Waals surface area contributed by atoms with E-state index in [4.69, 9.17) is 10.5 Å². The van der Waals surface area contributed by atoms with Crippen molar-refractivity contribution >= 4 is 27.6 Å². The molecule has 0 aliphatic heterocycles. The standard InChI is InChI=1S/C11H8BrFN4O3/c1-5-9(17(18)19)10(16-11(14)15-5)20-8-3-2-6(13)4-7(8)12/h2-4H,1H3,(H2,14,15,16). The first-order chi connectivity index (χ1) is 9.38. The zero-order valence-corrected chi connectivity index (χ0v) is 11.7. The van der Waals surface area contributed by atoms with Gasteiger partial charge in [-0.3, -0.25) is 10.1 Å². The van der Waals surface area contributed by atoms with Crippen LogP contribution in [0.5, 0.6) is 11.6 Å². The van der Waals surface area contributed by atoms with E-state index in [1.54, 1.807) is 0 Å². The molecule has 104 valence electrons. The fourth-order valence-corrected chi connectivity index (χ4v) is 1.94. The van der Waals surface area contributed by atoms with E-state index in [2.05, 4.69) is 25.9 Å². The zero-order valence-electron chi connectivity index (χ0n) is 10.1. The van der Waals surface area contributed by atoms with E-state index in [-0.39, 0.29) is 23.3 Å². The van der Waals surface area contributed by atoms with Gasteiger partial charge in [-0.15, -0.1) is 0 Å². The summed E-state index contributed by atoms with van der Waals surface area (Å²) in [6, 6.07) is 3.64. The highest BCUT2D eigenvalue weighted by Gasteiger charge is 2.24. The smallest absolute Gasteiger partial charge is 0.352 e. The van der Waals surface area contributed by atoms with Crippen molar-refractivity contribution in [2.75, 3.05) is 5.73 Å². The molecular formula is C11H8BrFN4O3. The van der Waals surface area contributed by atoms with Crippen LogP contribution in [0.15, 0.2) is 22.7 Å². The van der Waals surface area contributed by atoms with Crippen molar-refractivity contribution in [2.45, 2.75) is 6.92 Å². The Morgan fingerprint density at radius 2 is 2.15 bits per heavy atom. The van der Waals surface area contributed by atoms with Gasteiger partial charge in [-0.1, -0.05) is 0 Å². The van der Waals surface area contributed by atoms with Gasteiger partial charge in [-0.25, -0.2) is 9.37 Å². The van der Waals surface area contributed by atoms with Crippen LogP contribution >= 0.6 is 15.9 Å². The molecular weight excluding hydrogens is 335 g/mol. The summed E-state index contributed by atoms with van der Waals surface area (Å²) < 4.78 is 18.6. The fraction of sp³-hybridized carbons (Fsp3) is 0.0909.